The van der Waals surface area contributed by atoms with Gasteiger partial charge in [0.25, 0.3) is 0 Å². The highest BCUT2D eigenvalue weighted by Crippen LogP contribution is 2.84. The molecule has 0 aromatic rings. The van der Waals surface area contributed by atoms with Gasteiger partial charge in [-0.25, -0.2) is 0 Å². The standard InChI is InChI=1S/C37H52O6/c1-31-12-10-26(40)33(3,29(43)20-38)24(31)9-13-32(2)30(31)23(39)18-25-35(32)15-8-22-7-14-34-11-5-4-6-27(41)36(17-16-34,28(42)19-35)37(22,25)21-34/h18,22,24,26-30,38,40-43H,5,7-17,19-21H2,1-3H3. The molecule has 236 valence electrons. The number of carbonyl (C=O) groups excluding carboxylic acids is 1. The monoisotopic (exact) mass is 592 g/mol. The summed E-state index contributed by atoms with van der Waals surface area (Å²) < 4.78 is 0. The molecule has 14 atom stereocenters. The molecule has 8 aliphatic carbocycles. The zero-order valence-electron chi connectivity index (χ0n) is 26.4. The van der Waals surface area contributed by atoms with Gasteiger partial charge in [0.05, 0.1) is 24.9 Å². The van der Waals surface area contributed by atoms with E-state index in [9.17, 15) is 30.3 Å². The van der Waals surface area contributed by atoms with E-state index >= 15 is 0 Å². The molecular formula is C37H52O6. The molecule has 0 aromatic carbocycles. The Labute approximate surface area is 256 Å². The number of allylic oxidation sites excluding steroid dienone is 2. The van der Waals surface area contributed by atoms with E-state index in [0.29, 0.717) is 25.2 Å². The van der Waals surface area contributed by atoms with Gasteiger partial charge in [-0.05, 0) is 118 Å². The van der Waals surface area contributed by atoms with Crippen molar-refractivity contribution in [1.82, 2.24) is 0 Å². The largest absolute Gasteiger partial charge is 0.394 e. The summed E-state index contributed by atoms with van der Waals surface area (Å²) in [6.45, 7) is 6.09. The van der Waals surface area contributed by atoms with Crippen LogP contribution >= 0.6 is 0 Å². The van der Waals surface area contributed by atoms with Crippen molar-refractivity contribution in [3.63, 3.8) is 0 Å². The lowest BCUT2D eigenvalue weighted by atomic mass is 9.24. The van der Waals surface area contributed by atoms with Gasteiger partial charge < -0.3 is 25.5 Å². The van der Waals surface area contributed by atoms with E-state index in [1.165, 1.54) is 12.0 Å². The van der Waals surface area contributed by atoms with E-state index in [2.05, 4.69) is 31.8 Å². The van der Waals surface area contributed by atoms with Gasteiger partial charge in [-0.1, -0.05) is 32.3 Å². The number of aliphatic hydroxyl groups excluding tert-OH is 5. The first-order chi connectivity index (χ1) is 20.3. The molecule has 8 rings (SSSR count). The fourth-order valence-electron chi connectivity index (χ4n) is 15.0. The minimum Gasteiger partial charge on any atom is -0.394 e. The van der Waals surface area contributed by atoms with Crippen molar-refractivity contribution in [1.29, 1.82) is 0 Å². The van der Waals surface area contributed by atoms with Gasteiger partial charge in [0.2, 0.25) is 0 Å². The molecule has 0 heterocycles. The quantitative estimate of drug-likeness (QED) is 0.305. The molecular weight excluding hydrogens is 540 g/mol. The fourth-order valence-corrected chi connectivity index (χ4v) is 15.0. The Balaban J connectivity index is 1.34. The molecule has 0 amide bonds. The third-order valence-corrected chi connectivity index (χ3v) is 16.9. The van der Waals surface area contributed by atoms with E-state index in [-0.39, 0.29) is 33.9 Å². The maximum absolute atomic E-state index is 15.0. The summed E-state index contributed by atoms with van der Waals surface area (Å²) in [5.41, 5.74) is -1.78. The van der Waals surface area contributed by atoms with Crippen LogP contribution < -0.4 is 0 Å². The van der Waals surface area contributed by atoms with Crippen LogP contribution in [0.4, 0.5) is 0 Å². The van der Waals surface area contributed by atoms with Crippen LogP contribution in [0.3, 0.4) is 0 Å². The Hall–Kier alpha value is -1.23. The van der Waals surface area contributed by atoms with Gasteiger partial charge in [-0.2, -0.15) is 0 Å². The Kier molecular flexibility index (Phi) is 5.95. The first-order valence-corrected chi connectivity index (χ1v) is 17.4. The van der Waals surface area contributed by atoms with E-state index in [0.717, 1.165) is 64.2 Å². The average molecular weight is 593 g/mol. The number of ketones is 1. The highest BCUT2D eigenvalue weighted by molar-refractivity contribution is 5.96. The van der Waals surface area contributed by atoms with Gasteiger partial charge in [-0.3, -0.25) is 4.79 Å². The first kappa shape index (κ1) is 29.2. The number of aliphatic hydroxyl groups is 5. The van der Waals surface area contributed by atoms with Crippen molar-refractivity contribution < 1.29 is 30.3 Å². The number of hydrogen-bond donors (Lipinski definition) is 5. The highest BCUT2D eigenvalue weighted by Gasteiger charge is 2.81. The molecule has 0 aromatic heterocycles. The van der Waals surface area contributed by atoms with Crippen LogP contribution in [0.2, 0.25) is 0 Å². The smallest absolute Gasteiger partial charge is 0.159 e. The van der Waals surface area contributed by atoms with Crippen molar-refractivity contribution in [3.8, 4) is 11.8 Å². The van der Waals surface area contributed by atoms with E-state index in [1.54, 1.807) is 0 Å². The SMILES string of the molecule is CC12CCC(O)C(C)(C(O)CO)C1CCC1(C)C2C(=O)C=C2C13CCC1CCC45CCC#CC(O)C(CC4)(C(O)C3)C21C5. The molecule has 14 unspecified atom stereocenters. The molecule has 6 saturated carbocycles. The second kappa shape index (κ2) is 8.77. The Morgan fingerprint density at radius 2 is 1.70 bits per heavy atom. The molecule has 6 heteroatoms. The normalized spacial score (nSPS) is 58.7. The zero-order valence-corrected chi connectivity index (χ0v) is 26.4. The van der Waals surface area contributed by atoms with Crippen molar-refractivity contribution in [2.45, 2.75) is 135 Å². The van der Waals surface area contributed by atoms with Crippen molar-refractivity contribution in [3.05, 3.63) is 11.6 Å². The molecule has 6 nitrogen and oxygen atoms in total. The number of hydrogen-bond acceptors (Lipinski definition) is 6. The number of fused-ring (bicyclic) bond motifs is 4. The lowest BCUT2D eigenvalue weighted by Gasteiger charge is -2.79. The highest BCUT2D eigenvalue weighted by atomic mass is 16.3. The predicted octanol–water partition coefficient (Wildman–Crippen LogP) is 4.30. The molecule has 0 aliphatic heterocycles. The van der Waals surface area contributed by atoms with E-state index in [4.69, 9.17) is 0 Å². The van der Waals surface area contributed by atoms with Crippen molar-refractivity contribution in [2.24, 2.45) is 55.7 Å². The summed E-state index contributed by atoms with van der Waals surface area (Å²) in [7, 11) is 0. The Morgan fingerprint density at radius 3 is 2.47 bits per heavy atom. The van der Waals surface area contributed by atoms with Crippen LogP contribution in [0.15, 0.2) is 11.6 Å². The van der Waals surface area contributed by atoms with Gasteiger partial charge >= 0.3 is 0 Å². The summed E-state index contributed by atoms with van der Waals surface area (Å²) in [5, 5.41) is 57.1. The topological polar surface area (TPSA) is 118 Å². The fraction of sp³-hybridized carbons (Fsp3) is 0.865. The third-order valence-electron chi connectivity index (χ3n) is 16.9. The van der Waals surface area contributed by atoms with Crippen LogP contribution in [-0.2, 0) is 4.79 Å². The summed E-state index contributed by atoms with van der Waals surface area (Å²) in [6, 6.07) is 0. The molecule has 4 bridgehead atoms. The molecule has 43 heavy (non-hydrogen) atoms. The van der Waals surface area contributed by atoms with Gasteiger partial charge in [-0.15, -0.1) is 5.92 Å². The van der Waals surface area contributed by atoms with Gasteiger partial charge in [0.1, 0.15) is 6.10 Å². The predicted molar refractivity (Wildman–Crippen MR) is 161 cm³/mol. The minimum atomic E-state index is -1.06. The number of carbonyl (C=O) groups is 1. The summed E-state index contributed by atoms with van der Waals surface area (Å²) in [6.07, 6.45) is 10.9. The van der Waals surface area contributed by atoms with Crippen LogP contribution in [-0.4, -0.2) is 62.3 Å². The molecule has 6 fully saturated rings. The molecule has 5 N–H and O–H groups in total. The summed E-state index contributed by atoms with van der Waals surface area (Å²) in [5.74, 6) is 6.68. The second-order valence-corrected chi connectivity index (χ2v) is 17.5. The molecule has 8 aliphatic rings. The minimum absolute atomic E-state index is 0.107. The maximum atomic E-state index is 15.0. The lowest BCUT2D eigenvalue weighted by Crippen LogP contribution is -2.77. The molecule has 3 spiro atoms. The van der Waals surface area contributed by atoms with Crippen LogP contribution in [0.25, 0.3) is 0 Å². The zero-order chi connectivity index (χ0) is 30.4. The Bertz CT molecular complexity index is 1340. The lowest BCUT2D eigenvalue weighted by molar-refractivity contribution is -0.286. The van der Waals surface area contributed by atoms with Gasteiger partial charge in [0.15, 0.2) is 5.78 Å². The van der Waals surface area contributed by atoms with E-state index in [1.807, 2.05) is 6.92 Å². The van der Waals surface area contributed by atoms with Crippen LogP contribution in [0.5, 0.6) is 0 Å². The van der Waals surface area contributed by atoms with Crippen LogP contribution in [0, 0.1) is 67.5 Å². The molecule has 0 radical (unpaired) electrons. The number of rotatable bonds is 2. The first-order valence-electron chi connectivity index (χ1n) is 17.4. The second-order valence-electron chi connectivity index (χ2n) is 17.5. The Morgan fingerprint density at radius 1 is 0.930 bits per heavy atom. The summed E-state index contributed by atoms with van der Waals surface area (Å²) in [4.78, 5) is 15.0. The van der Waals surface area contributed by atoms with Crippen molar-refractivity contribution >= 4 is 5.78 Å². The maximum Gasteiger partial charge on any atom is 0.159 e. The van der Waals surface area contributed by atoms with Crippen molar-refractivity contribution in [2.75, 3.05) is 6.61 Å². The van der Waals surface area contributed by atoms with Gasteiger partial charge in [0, 0.05) is 34.0 Å². The molecule has 0 saturated heterocycles. The summed E-state index contributed by atoms with van der Waals surface area (Å²) >= 11 is 0. The van der Waals surface area contributed by atoms with E-state index < -0.39 is 52.7 Å². The van der Waals surface area contributed by atoms with Crippen LogP contribution in [0.1, 0.15) is 111 Å². The third kappa shape index (κ3) is 3.01. The average Bonchev–Trinajstić information content (AvgIpc) is 3.05.